The number of hydrogen-bond acceptors (Lipinski definition) is 3. The molecule has 0 aliphatic rings. The average Bonchev–Trinajstić information content (AvgIpc) is 2.29. The van der Waals surface area contributed by atoms with Gasteiger partial charge in [-0.1, -0.05) is 26.0 Å². The number of aliphatic hydroxyl groups excluding tert-OH is 1. The molecule has 0 heterocycles. The smallest absolute Gasteiger partial charge is 0.137 e. The molecule has 2 atom stereocenters. The topological polar surface area (TPSA) is 32.3 Å². The third-order valence-electron chi connectivity index (χ3n) is 2.60. The third-order valence-corrected chi connectivity index (χ3v) is 4.06. The van der Waals surface area contributed by atoms with E-state index in [1.165, 1.54) is 17.8 Å². The lowest BCUT2D eigenvalue weighted by Crippen LogP contribution is -2.17. The molecule has 1 rings (SSSR count). The molecule has 0 amide bonds. The van der Waals surface area contributed by atoms with Crippen LogP contribution in [0, 0.1) is 5.82 Å². The molecule has 0 aliphatic carbocycles. The van der Waals surface area contributed by atoms with Crippen LogP contribution in [-0.2, 0) is 6.54 Å². The predicted octanol–water partition coefficient (Wildman–Crippen LogP) is 2.80. The number of thioether (sulfide) groups is 1. The Morgan fingerprint density at radius 3 is 2.71 bits per heavy atom. The van der Waals surface area contributed by atoms with Crippen molar-refractivity contribution in [2.45, 2.75) is 43.6 Å². The molecule has 0 spiro atoms. The molecule has 1 aromatic carbocycles. The van der Waals surface area contributed by atoms with Crippen LogP contribution in [0.2, 0.25) is 0 Å². The molecule has 17 heavy (non-hydrogen) atoms. The predicted molar refractivity (Wildman–Crippen MR) is 70.8 cm³/mol. The maximum atomic E-state index is 13.8. The van der Waals surface area contributed by atoms with Crippen molar-refractivity contribution in [3.05, 3.63) is 29.6 Å². The Hall–Kier alpha value is -0.580. The molecular weight excluding hydrogens is 237 g/mol. The SMILES string of the molecule is CCNCc1cccc(F)c1SC(C)C(C)O. The van der Waals surface area contributed by atoms with Crippen molar-refractivity contribution in [3.63, 3.8) is 0 Å². The van der Waals surface area contributed by atoms with Gasteiger partial charge >= 0.3 is 0 Å². The first kappa shape index (κ1) is 14.5. The molecule has 1 aromatic rings. The van der Waals surface area contributed by atoms with Gasteiger partial charge in [0.2, 0.25) is 0 Å². The van der Waals surface area contributed by atoms with Crippen molar-refractivity contribution in [2.75, 3.05) is 6.54 Å². The monoisotopic (exact) mass is 257 g/mol. The molecule has 4 heteroatoms. The van der Waals surface area contributed by atoms with Crippen LogP contribution in [0.3, 0.4) is 0 Å². The highest BCUT2D eigenvalue weighted by molar-refractivity contribution is 8.00. The quantitative estimate of drug-likeness (QED) is 0.769. The van der Waals surface area contributed by atoms with Crippen molar-refractivity contribution in [2.24, 2.45) is 0 Å². The normalized spacial score (nSPS) is 14.6. The van der Waals surface area contributed by atoms with Crippen molar-refractivity contribution in [3.8, 4) is 0 Å². The number of aliphatic hydroxyl groups is 1. The molecule has 2 unspecified atom stereocenters. The van der Waals surface area contributed by atoms with Crippen LogP contribution in [0.25, 0.3) is 0 Å². The van der Waals surface area contributed by atoms with E-state index in [-0.39, 0.29) is 11.1 Å². The maximum absolute atomic E-state index is 13.8. The number of halogens is 1. The molecule has 0 fully saturated rings. The van der Waals surface area contributed by atoms with Crippen LogP contribution in [0.5, 0.6) is 0 Å². The van der Waals surface area contributed by atoms with Gasteiger partial charge in [-0.05, 0) is 25.1 Å². The van der Waals surface area contributed by atoms with Crippen molar-refractivity contribution in [1.29, 1.82) is 0 Å². The summed E-state index contributed by atoms with van der Waals surface area (Å²) in [5, 5.41) is 12.7. The lowest BCUT2D eigenvalue weighted by Gasteiger charge is -2.17. The Balaban J connectivity index is 2.87. The second-order valence-electron chi connectivity index (χ2n) is 4.07. The third kappa shape index (κ3) is 4.30. The summed E-state index contributed by atoms with van der Waals surface area (Å²) in [7, 11) is 0. The van der Waals surface area contributed by atoms with E-state index in [2.05, 4.69) is 5.32 Å². The van der Waals surface area contributed by atoms with Crippen LogP contribution in [-0.4, -0.2) is 23.0 Å². The number of hydrogen-bond donors (Lipinski definition) is 2. The highest BCUT2D eigenvalue weighted by Gasteiger charge is 2.16. The summed E-state index contributed by atoms with van der Waals surface area (Å²) in [6.07, 6.45) is -0.452. The summed E-state index contributed by atoms with van der Waals surface area (Å²) in [4.78, 5) is 0.641. The van der Waals surface area contributed by atoms with E-state index in [4.69, 9.17) is 0 Å². The zero-order valence-electron chi connectivity index (χ0n) is 10.5. The molecule has 0 aliphatic heterocycles. The lowest BCUT2D eigenvalue weighted by molar-refractivity contribution is 0.196. The largest absolute Gasteiger partial charge is 0.392 e. The van der Waals surface area contributed by atoms with Crippen LogP contribution >= 0.6 is 11.8 Å². The summed E-state index contributed by atoms with van der Waals surface area (Å²) >= 11 is 1.39. The Morgan fingerprint density at radius 2 is 2.12 bits per heavy atom. The van der Waals surface area contributed by atoms with E-state index in [1.807, 2.05) is 19.9 Å². The van der Waals surface area contributed by atoms with E-state index in [0.29, 0.717) is 11.4 Å². The van der Waals surface area contributed by atoms with Crippen LogP contribution in [0.4, 0.5) is 4.39 Å². The fourth-order valence-electron chi connectivity index (χ4n) is 1.37. The van der Waals surface area contributed by atoms with Crippen LogP contribution < -0.4 is 5.32 Å². The number of benzene rings is 1. The summed E-state index contributed by atoms with van der Waals surface area (Å²) in [5.74, 6) is -0.210. The summed E-state index contributed by atoms with van der Waals surface area (Å²) < 4.78 is 13.8. The Kier molecular flexibility index (Phi) is 5.95. The zero-order chi connectivity index (χ0) is 12.8. The molecule has 0 bridgehead atoms. The fraction of sp³-hybridized carbons (Fsp3) is 0.538. The minimum Gasteiger partial charge on any atom is -0.392 e. The summed E-state index contributed by atoms with van der Waals surface area (Å²) in [5.41, 5.74) is 0.948. The van der Waals surface area contributed by atoms with Gasteiger partial charge in [0, 0.05) is 16.7 Å². The first-order valence-electron chi connectivity index (χ1n) is 5.89. The molecule has 2 N–H and O–H groups in total. The maximum Gasteiger partial charge on any atom is 0.137 e. The van der Waals surface area contributed by atoms with Crippen molar-refractivity contribution in [1.82, 2.24) is 5.32 Å². The van der Waals surface area contributed by atoms with Gasteiger partial charge in [-0.3, -0.25) is 0 Å². The zero-order valence-corrected chi connectivity index (χ0v) is 11.4. The van der Waals surface area contributed by atoms with Gasteiger partial charge < -0.3 is 10.4 Å². The second kappa shape index (κ2) is 6.99. The minimum absolute atomic E-state index is 0.0210. The van der Waals surface area contributed by atoms with E-state index in [0.717, 1.165) is 12.1 Å². The standard InChI is InChI=1S/C13H20FNOS/c1-4-15-8-11-6-5-7-12(14)13(11)17-10(3)9(2)16/h5-7,9-10,15-16H,4,8H2,1-3H3. The molecular formula is C13H20FNOS. The van der Waals surface area contributed by atoms with E-state index in [9.17, 15) is 9.50 Å². The number of nitrogens with one attached hydrogen (secondary N) is 1. The number of rotatable bonds is 6. The first-order chi connectivity index (χ1) is 8.06. The second-order valence-corrected chi connectivity index (χ2v) is 5.46. The molecule has 0 saturated carbocycles. The Bertz CT molecular complexity index is 357. The van der Waals surface area contributed by atoms with Gasteiger partial charge in [0.25, 0.3) is 0 Å². The first-order valence-corrected chi connectivity index (χ1v) is 6.77. The molecule has 0 saturated heterocycles. The minimum atomic E-state index is -0.452. The van der Waals surface area contributed by atoms with Gasteiger partial charge in [0.15, 0.2) is 0 Å². The van der Waals surface area contributed by atoms with E-state index >= 15 is 0 Å². The summed E-state index contributed by atoms with van der Waals surface area (Å²) in [6.45, 7) is 7.15. The van der Waals surface area contributed by atoms with E-state index in [1.54, 1.807) is 13.0 Å². The molecule has 0 radical (unpaired) electrons. The van der Waals surface area contributed by atoms with Gasteiger partial charge in [0.05, 0.1) is 6.10 Å². The lowest BCUT2D eigenvalue weighted by atomic mass is 10.2. The fourth-order valence-corrected chi connectivity index (χ4v) is 2.41. The highest BCUT2D eigenvalue weighted by atomic mass is 32.2. The summed E-state index contributed by atoms with van der Waals surface area (Å²) in [6, 6.07) is 5.11. The average molecular weight is 257 g/mol. The van der Waals surface area contributed by atoms with Crippen LogP contribution in [0.15, 0.2) is 23.1 Å². The van der Waals surface area contributed by atoms with Gasteiger partial charge in [-0.2, -0.15) is 0 Å². The van der Waals surface area contributed by atoms with Crippen LogP contribution in [0.1, 0.15) is 26.3 Å². The van der Waals surface area contributed by atoms with Crippen molar-refractivity contribution < 1.29 is 9.50 Å². The van der Waals surface area contributed by atoms with Gasteiger partial charge in [-0.15, -0.1) is 11.8 Å². The molecule has 96 valence electrons. The Labute approximate surface area is 107 Å². The molecule has 2 nitrogen and oxygen atoms in total. The van der Waals surface area contributed by atoms with Gasteiger partial charge in [-0.25, -0.2) is 4.39 Å². The Morgan fingerprint density at radius 1 is 1.41 bits per heavy atom. The van der Waals surface area contributed by atoms with Gasteiger partial charge in [0.1, 0.15) is 5.82 Å². The van der Waals surface area contributed by atoms with Crippen molar-refractivity contribution >= 4 is 11.8 Å². The van der Waals surface area contributed by atoms with E-state index < -0.39 is 6.10 Å². The highest BCUT2D eigenvalue weighted by Crippen LogP contribution is 2.31. The molecule has 0 aromatic heterocycles.